The van der Waals surface area contributed by atoms with Gasteiger partial charge in [0, 0.05) is 12.3 Å². The fourth-order valence-corrected chi connectivity index (χ4v) is 2.42. The van der Waals surface area contributed by atoms with Gasteiger partial charge in [-0.2, -0.15) is 0 Å². The number of rotatable bonds is 8. The Morgan fingerprint density at radius 1 is 1.17 bits per heavy atom. The molecule has 0 unspecified atom stereocenters. The maximum Gasteiger partial charge on any atom is 0.148 e. The summed E-state index contributed by atoms with van der Waals surface area (Å²) in [5, 5.41) is 0. The summed E-state index contributed by atoms with van der Waals surface area (Å²) in [4.78, 5) is 0. The molecule has 0 spiro atoms. The minimum absolute atomic E-state index is 0.814. The molecule has 0 bridgehead atoms. The maximum absolute atomic E-state index is 5.24. The van der Waals surface area contributed by atoms with E-state index in [1.165, 1.54) is 31.2 Å². The van der Waals surface area contributed by atoms with Crippen molar-refractivity contribution in [3.8, 4) is 0 Å². The van der Waals surface area contributed by atoms with E-state index in [1.807, 2.05) is 6.07 Å². The van der Waals surface area contributed by atoms with E-state index >= 15 is 0 Å². The van der Waals surface area contributed by atoms with Crippen molar-refractivity contribution in [3.05, 3.63) is 35.9 Å². The molecule has 0 amide bonds. The Labute approximate surface area is 120 Å². The Kier molecular flexibility index (Phi) is 8.90. The molecule has 0 aliphatic carbocycles. The van der Waals surface area contributed by atoms with E-state index in [4.69, 9.17) is 12.2 Å². The average Bonchev–Trinajstić information content (AvgIpc) is 2.41. The largest absolute Gasteiger partial charge is 0.307 e. The molecule has 4 heteroatoms. The van der Waals surface area contributed by atoms with E-state index < -0.39 is 0 Å². The minimum atomic E-state index is 0.814. The topological polar surface area (TPSA) is 24.1 Å². The number of hydrogen-bond donors (Lipinski definition) is 2. The molecule has 0 saturated heterocycles. The van der Waals surface area contributed by atoms with Gasteiger partial charge in [0.15, 0.2) is 0 Å². The van der Waals surface area contributed by atoms with Crippen molar-refractivity contribution in [3.63, 3.8) is 0 Å². The van der Waals surface area contributed by atoms with Crippen LogP contribution in [0.15, 0.2) is 30.3 Å². The van der Waals surface area contributed by atoms with Crippen LogP contribution in [0, 0.1) is 0 Å². The first-order valence-corrected chi connectivity index (χ1v) is 7.92. The van der Waals surface area contributed by atoms with Crippen molar-refractivity contribution in [2.45, 2.75) is 38.4 Å². The van der Waals surface area contributed by atoms with Crippen LogP contribution in [0.4, 0.5) is 0 Å². The third-order valence-electron chi connectivity index (χ3n) is 2.56. The van der Waals surface area contributed by atoms with Gasteiger partial charge in [0.1, 0.15) is 4.32 Å². The van der Waals surface area contributed by atoms with Crippen molar-refractivity contribution in [2.75, 3.05) is 6.54 Å². The van der Waals surface area contributed by atoms with Crippen LogP contribution >= 0.6 is 24.0 Å². The van der Waals surface area contributed by atoms with E-state index in [0.29, 0.717) is 0 Å². The molecule has 1 aromatic rings. The first-order valence-electron chi connectivity index (χ1n) is 6.52. The molecule has 0 fully saturated rings. The van der Waals surface area contributed by atoms with Crippen molar-refractivity contribution in [1.82, 2.24) is 10.9 Å². The molecular weight excluding hydrogens is 260 g/mol. The maximum atomic E-state index is 5.24. The van der Waals surface area contributed by atoms with Crippen molar-refractivity contribution < 1.29 is 0 Å². The second kappa shape index (κ2) is 10.4. The van der Waals surface area contributed by atoms with E-state index in [2.05, 4.69) is 42.0 Å². The fraction of sp³-hybridized carbons (Fsp3) is 0.500. The Bertz CT molecular complexity index is 328. The molecule has 18 heavy (non-hydrogen) atoms. The second-order valence-electron chi connectivity index (χ2n) is 4.17. The van der Waals surface area contributed by atoms with Gasteiger partial charge in [0.2, 0.25) is 0 Å². The predicted octanol–water partition coefficient (Wildman–Crippen LogP) is 3.88. The van der Waals surface area contributed by atoms with Gasteiger partial charge in [0.05, 0.1) is 0 Å². The van der Waals surface area contributed by atoms with Gasteiger partial charge in [-0.25, -0.2) is 5.43 Å². The monoisotopic (exact) mass is 282 g/mol. The standard InChI is InChI=1S/C14H22N2S2/c1-2-3-4-8-11-15-16-14(17)18-12-13-9-6-5-7-10-13/h5-7,9-10,15H,2-4,8,11-12H2,1H3,(H,16,17). The van der Waals surface area contributed by atoms with Crippen LogP contribution in [0.2, 0.25) is 0 Å². The number of hydrazine groups is 1. The van der Waals surface area contributed by atoms with Crippen molar-refractivity contribution in [1.29, 1.82) is 0 Å². The Morgan fingerprint density at radius 3 is 2.67 bits per heavy atom. The lowest BCUT2D eigenvalue weighted by molar-refractivity contribution is 0.583. The average molecular weight is 282 g/mol. The van der Waals surface area contributed by atoms with Crippen LogP contribution in [0.3, 0.4) is 0 Å². The summed E-state index contributed by atoms with van der Waals surface area (Å²) in [6.07, 6.45) is 5.08. The number of hydrogen-bond acceptors (Lipinski definition) is 3. The lowest BCUT2D eigenvalue weighted by Crippen LogP contribution is -2.35. The lowest BCUT2D eigenvalue weighted by atomic mass is 10.2. The quantitative estimate of drug-likeness (QED) is 0.429. The van der Waals surface area contributed by atoms with Crippen LogP contribution in [-0.4, -0.2) is 10.9 Å². The molecule has 1 rings (SSSR count). The van der Waals surface area contributed by atoms with Crippen LogP contribution < -0.4 is 10.9 Å². The zero-order valence-corrected chi connectivity index (χ0v) is 12.6. The van der Waals surface area contributed by atoms with Gasteiger partial charge < -0.3 is 5.43 Å². The van der Waals surface area contributed by atoms with E-state index in [-0.39, 0.29) is 0 Å². The van der Waals surface area contributed by atoms with Gasteiger partial charge >= 0.3 is 0 Å². The third-order valence-corrected chi connectivity index (χ3v) is 3.86. The summed E-state index contributed by atoms with van der Waals surface area (Å²) in [5.74, 6) is 0.921. The van der Waals surface area contributed by atoms with Gasteiger partial charge in [-0.05, 0) is 12.0 Å². The first kappa shape index (κ1) is 15.5. The van der Waals surface area contributed by atoms with Gasteiger partial charge in [-0.3, -0.25) is 0 Å². The molecule has 0 aromatic heterocycles. The van der Waals surface area contributed by atoms with Crippen molar-refractivity contribution >= 4 is 28.3 Å². The van der Waals surface area contributed by atoms with Gasteiger partial charge in [-0.1, -0.05) is 80.5 Å². The predicted molar refractivity (Wildman–Crippen MR) is 85.6 cm³/mol. The van der Waals surface area contributed by atoms with E-state index in [0.717, 1.165) is 16.6 Å². The summed E-state index contributed by atoms with van der Waals surface area (Å²) < 4.78 is 0.814. The van der Waals surface area contributed by atoms with E-state index in [1.54, 1.807) is 11.8 Å². The van der Waals surface area contributed by atoms with Crippen molar-refractivity contribution in [2.24, 2.45) is 0 Å². The molecule has 0 radical (unpaired) electrons. The van der Waals surface area contributed by atoms with Crippen LogP contribution in [0.1, 0.15) is 38.2 Å². The summed E-state index contributed by atoms with van der Waals surface area (Å²) in [5.41, 5.74) is 7.54. The lowest BCUT2D eigenvalue weighted by Gasteiger charge is -2.08. The second-order valence-corrected chi connectivity index (χ2v) is 5.83. The summed E-state index contributed by atoms with van der Waals surface area (Å²) >= 11 is 6.90. The highest BCUT2D eigenvalue weighted by Crippen LogP contribution is 2.11. The third kappa shape index (κ3) is 7.69. The van der Waals surface area contributed by atoms with Crippen LogP contribution in [-0.2, 0) is 5.75 Å². The highest BCUT2D eigenvalue weighted by Gasteiger charge is 1.97. The Hall–Kier alpha value is -0.580. The Balaban J connectivity index is 2.01. The zero-order valence-electron chi connectivity index (χ0n) is 10.9. The summed E-state index contributed by atoms with van der Waals surface area (Å²) in [7, 11) is 0. The molecular formula is C14H22N2S2. The summed E-state index contributed by atoms with van der Waals surface area (Å²) in [6.45, 7) is 3.20. The normalized spacial score (nSPS) is 10.3. The number of thiocarbonyl (C=S) groups is 1. The molecule has 0 aliphatic rings. The molecule has 2 nitrogen and oxygen atoms in total. The fourth-order valence-electron chi connectivity index (χ4n) is 1.53. The highest BCUT2D eigenvalue weighted by atomic mass is 32.2. The highest BCUT2D eigenvalue weighted by molar-refractivity contribution is 8.22. The van der Waals surface area contributed by atoms with Gasteiger partial charge in [-0.15, -0.1) is 0 Å². The Morgan fingerprint density at radius 2 is 1.94 bits per heavy atom. The number of unbranched alkanes of at least 4 members (excludes halogenated alkanes) is 3. The molecule has 2 N–H and O–H groups in total. The molecule has 0 heterocycles. The zero-order chi connectivity index (χ0) is 13.1. The molecule has 0 atom stereocenters. The SMILES string of the molecule is CCCCCCNNC(=S)SCc1ccccc1. The van der Waals surface area contributed by atoms with Crippen LogP contribution in [0.25, 0.3) is 0 Å². The molecule has 100 valence electrons. The summed E-state index contributed by atoms with van der Waals surface area (Å²) in [6, 6.07) is 10.4. The smallest absolute Gasteiger partial charge is 0.148 e. The number of nitrogens with one attached hydrogen (secondary N) is 2. The number of benzene rings is 1. The minimum Gasteiger partial charge on any atom is -0.307 e. The van der Waals surface area contributed by atoms with E-state index in [9.17, 15) is 0 Å². The molecule has 0 aliphatic heterocycles. The number of thioether (sulfide) groups is 1. The van der Waals surface area contributed by atoms with Gasteiger partial charge in [0.25, 0.3) is 0 Å². The molecule has 1 aromatic carbocycles. The molecule has 0 saturated carbocycles. The van der Waals surface area contributed by atoms with Crippen LogP contribution in [0.5, 0.6) is 0 Å². The first-order chi connectivity index (χ1) is 8.83.